The van der Waals surface area contributed by atoms with Crippen molar-refractivity contribution in [2.75, 3.05) is 19.7 Å². The quantitative estimate of drug-likeness (QED) is 0.568. The molecule has 0 saturated carbocycles. The lowest BCUT2D eigenvalue weighted by Gasteiger charge is -2.32. The number of benzene rings is 1. The van der Waals surface area contributed by atoms with Crippen LogP contribution in [0.25, 0.3) is 0 Å². The first-order valence-corrected chi connectivity index (χ1v) is 11.8. The summed E-state index contributed by atoms with van der Waals surface area (Å²) in [6, 6.07) is 7.37. The number of halogens is 1. The summed E-state index contributed by atoms with van der Waals surface area (Å²) in [6.45, 7) is 7.40. The van der Waals surface area contributed by atoms with E-state index in [-0.39, 0.29) is 23.7 Å². The first-order valence-electron chi connectivity index (χ1n) is 11.4. The molecule has 0 radical (unpaired) electrons. The predicted octanol–water partition coefficient (Wildman–Crippen LogP) is 3.95. The van der Waals surface area contributed by atoms with Gasteiger partial charge in [-0.15, -0.1) is 0 Å². The number of esters is 1. The zero-order valence-corrected chi connectivity index (χ0v) is 20.3. The molecule has 1 aromatic carbocycles. The lowest BCUT2D eigenvalue weighted by atomic mass is 9.96. The second kappa shape index (κ2) is 11.4. The zero-order valence-electron chi connectivity index (χ0n) is 19.5. The Bertz CT molecular complexity index is 1000. The number of hydrogen-bond donors (Lipinski definition) is 2. The number of H-pyrrole nitrogens is 1. The summed E-state index contributed by atoms with van der Waals surface area (Å²) in [5, 5.41) is 3.64. The topological polar surface area (TPSA) is 91.5 Å². The molecular formula is C25H32ClN3O4. The number of aryl methyl sites for hydroxylation is 1. The minimum absolute atomic E-state index is 0.0288. The molecule has 1 aromatic heterocycles. The number of nitrogens with one attached hydrogen (secondary N) is 2. The van der Waals surface area contributed by atoms with Crippen molar-refractivity contribution in [1.82, 2.24) is 15.2 Å². The van der Waals surface area contributed by atoms with Gasteiger partial charge in [0.1, 0.15) is 5.69 Å². The molecule has 0 unspecified atom stereocenters. The van der Waals surface area contributed by atoms with Crippen molar-refractivity contribution in [1.29, 1.82) is 0 Å². The van der Waals surface area contributed by atoms with E-state index in [1.54, 1.807) is 24.0 Å². The summed E-state index contributed by atoms with van der Waals surface area (Å²) < 4.78 is 5.10. The fourth-order valence-electron chi connectivity index (χ4n) is 4.31. The van der Waals surface area contributed by atoms with Gasteiger partial charge in [0.25, 0.3) is 0 Å². The molecule has 2 heterocycles. The second-order valence-electron chi connectivity index (χ2n) is 8.47. The van der Waals surface area contributed by atoms with Crippen LogP contribution in [0.5, 0.6) is 0 Å². The molecule has 178 valence electrons. The van der Waals surface area contributed by atoms with Gasteiger partial charge in [-0.2, -0.15) is 0 Å². The van der Waals surface area contributed by atoms with Crippen molar-refractivity contribution in [2.45, 2.75) is 53.0 Å². The molecule has 2 aromatic rings. The van der Waals surface area contributed by atoms with Crippen molar-refractivity contribution in [3.63, 3.8) is 0 Å². The molecule has 8 heteroatoms. The highest BCUT2D eigenvalue weighted by Crippen LogP contribution is 2.22. The Morgan fingerprint density at radius 3 is 2.64 bits per heavy atom. The first-order chi connectivity index (χ1) is 15.8. The monoisotopic (exact) mass is 473 g/mol. The highest BCUT2D eigenvalue weighted by Gasteiger charge is 2.28. The van der Waals surface area contributed by atoms with Crippen LogP contribution in [0.15, 0.2) is 24.3 Å². The number of piperidine rings is 1. The molecule has 0 bridgehead atoms. The van der Waals surface area contributed by atoms with Crippen LogP contribution in [0.4, 0.5) is 0 Å². The molecular weight excluding hydrogens is 442 g/mol. The molecule has 2 N–H and O–H groups in total. The van der Waals surface area contributed by atoms with Crippen LogP contribution in [0.2, 0.25) is 5.02 Å². The van der Waals surface area contributed by atoms with Crippen molar-refractivity contribution in [3.05, 3.63) is 57.4 Å². The van der Waals surface area contributed by atoms with Gasteiger partial charge in [-0.05, 0) is 68.9 Å². The molecule has 0 spiro atoms. The summed E-state index contributed by atoms with van der Waals surface area (Å²) in [7, 11) is 0. The maximum Gasteiger partial charge on any atom is 0.355 e. The third-order valence-corrected chi connectivity index (χ3v) is 6.44. The van der Waals surface area contributed by atoms with E-state index < -0.39 is 0 Å². The minimum Gasteiger partial charge on any atom is -0.461 e. The molecule has 1 atom stereocenters. The van der Waals surface area contributed by atoms with E-state index >= 15 is 0 Å². The van der Waals surface area contributed by atoms with Gasteiger partial charge in [-0.1, -0.05) is 23.7 Å². The molecule has 2 amide bonds. The number of rotatable bonds is 8. The maximum atomic E-state index is 12.9. The Balaban J connectivity index is 1.53. The number of ether oxygens (including phenoxy) is 1. The van der Waals surface area contributed by atoms with E-state index in [1.165, 1.54) is 0 Å². The molecule has 7 nitrogen and oxygen atoms in total. The molecule has 33 heavy (non-hydrogen) atoms. The Morgan fingerprint density at radius 2 is 1.94 bits per heavy atom. The molecule has 1 fully saturated rings. The number of likely N-dealkylation sites (tertiary alicyclic amines) is 1. The number of nitrogens with zero attached hydrogens (tertiary/aromatic N) is 1. The van der Waals surface area contributed by atoms with Gasteiger partial charge < -0.3 is 19.9 Å². The van der Waals surface area contributed by atoms with Crippen molar-refractivity contribution < 1.29 is 19.1 Å². The van der Waals surface area contributed by atoms with Crippen LogP contribution in [0.1, 0.15) is 59.1 Å². The smallest absolute Gasteiger partial charge is 0.355 e. The zero-order chi connectivity index (χ0) is 24.0. The Hall–Kier alpha value is -2.80. The fraction of sp³-hybridized carbons (Fsp3) is 0.480. The van der Waals surface area contributed by atoms with Gasteiger partial charge in [-0.3, -0.25) is 9.59 Å². The first kappa shape index (κ1) is 24.8. The third kappa shape index (κ3) is 6.38. The molecule has 1 aliphatic rings. The maximum absolute atomic E-state index is 12.9. The Kier molecular flexibility index (Phi) is 8.55. The predicted molar refractivity (Wildman–Crippen MR) is 127 cm³/mol. The van der Waals surface area contributed by atoms with Crippen LogP contribution >= 0.6 is 11.6 Å². The average molecular weight is 474 g/mol. The van der Waals surface area contributed by atoms with Crippen molar-refractivity contribution in [2.24, 2.45) is 5.92 Å². The summed E-state index contributed by atoms with van der Waals surface area (Å²) in [4.78, 5) is 42.6. The summed E-state index contributed by atoms with van der Waals surface area (Å²) in [5.41, 5.74) is 4.11. The Morgan fingerprint density at radius 1 is 1.21 bits per heavy atom. The second-order valence-corrected chi connectivity index (χ2v) is 8.91. The number of amides is 2. The van der Waals surface area contributed by atoms with Crippen LogP contribution in [0, 0.1) is 19.8 Å². The van der Waals surface area contributed by atoms with Gasteiger partial charge in [0.15, 0.2) is 0 Å². The fourth-order valence-corrected chi connectivity index (χ4v) is 4.44. The summed E-state index contributed by atoms with van der Waals surface area (Å²) in [5.74, 6) is -0.581. The highest BCUT2D eigenvalue weighted by molar-refractivity contribution is 6.30. The van der Waals surface area contributed by atoms with Gasteiger partial charge in [-0.25, -0.2) is 4.79 Å². The van der Waals surface area contributed by atoms with Gasteiger partial charge in [0.2, 0.25) is 11.8 Å². The van der Waals surface area contributed by atoms with E-state index in [0.717, 1.165) is 35.2 Å². The third-order valence-electron chi connectivity index (χ3n) is 6.19. The van der Waals surface area contributed by atoms with Gasteiger partial charge in [0, 0.05) is 36.8 Å². The van der Waals surface area contributed by atoms with Crippen LogP contribution in [-0.2, 0) is 27.3 Å². The Labute approximate surface area is 199 Å². The molecule has 1 aliphatic heterocycles. The largest absolute Gasteiger partial charge is 0.461 e. The van der Waals surface area contributed by atoms with E-state index in [9.17, 15) is 14.4 Å². The van der Waals surface area contributed by atoms with Crippen LogP contribution < -0.4 is 5.32 Å². The van der Waals surface area contributed by atoms with Crippen molar-refractivity contribution >= 4 is 29.4 Å². The van der Waals surface area contributed by atoms with E-state index in [2.05, 4.69) is 10.3 Å². The lowest BCUT2D eigenvalue weighted by molar-refractivity contribution is -0.135. The average Bonchev–Trinajstić information content (AvgIpc) is 3.10. The summed E-state index contributed by atoms with van der Waals surface area (Å²) in [6.07, 6.45) is 2.45. The van der Waals surface area contributed by atoms with Gasteiger partial charge in [0.05, 0.1) is 12.5 Å². The van der Waals surface area contributed by atoms with E-state index in [1.807, 2.05) is 26.0 Å². The summed E-state index contributed by atoms with van der Waals surface area (Å²) >= 11 is 5.90. The number of carbonyl (C=O) groups is 3. The normalized spacial score (nSPS) is 15.9. The lowest BCUT2D eigenvalue weighted by Crippen LogP contribution is -2.45. The van der Waals surface area contributed by atoms with Crippen molar-refractivity contribution in [3.8, 4) is 0 Å². The van der Waals surface area contributed by atoms with Crippen LogP contribution in [-0.4, -0.2) is 47.4 Å². The standard InChI is InChI=1S/C25H32ClN3O4/c1-4-33-25(32)23-16(2)21(17(3)28-23)11-12-22(30)29-13-5-6-19(15-29)24(31)27-14-18-7-9-20(26)10-8-18/h7-10,19,28H,4-6,11-15H2,1-3H3,(H,27,31)/t19-/m1/s1. The number of aromatic nitrogens is 1. The SMILES string of the molecule is CCOC(=O)c1[nH]c(C)c(CCC(=O)N2CCC[C@@H](C(=O)NCc3ccc(Cl)cc3)C2)c1C. The number of carbonyl (C=O) groups excluding carboxylic acids is 3. The van der Waals surface area contributed by atoms with E-state index in [0.29, 0.717) is 49.8 Å². The van der Waals surface area contributed by atoms with Gasteiger partial charge >= 0.3 is 5.97 Å². The molecule has 0 aliphatic carbocycles. The van der Waals surface area contributed by atoms with Crippen LogP contribution in [0.3, 0.4) is 0 Å². The van der Waals surface area contributed by atoms with E-state index in [4.69, 9.17) is 16.3 Å². The minimum atomic E-state index is -0.376. The number of aromatic amines is 1. The highest BCUT2D eigenvalue weighted by atomic mass is 35.5. The number of hydrogen-bond acceptors (Lipinski definition) is 4. The molecule has 3 rings (SSSR count). The molecule has 1 saturated heterocycles.